The fourth-order valence-corrected chi connectivity index (χ4v) is 3.94. The number of carbonyl (C=O) groups excluding carboxylic acids is 2. The third-order valence-corrected chi connectivity index (χ3v) is 5.13. The van der Waals surface area contributed by atoms with E-state index in [0.29, 0.717) is 36.1 Å². The van der Waals surface area contributed by atoms with Crippen molar-refractivity contribution in [3.05, 3.63) is 16.3 Å². The minimum atomic E-state index is -0.329. The van der Waals surface area contributed by atoms with Gasteiger partial charge >= 0.3 is 5.97 Å². The van der Waals surface area contributed by atoms with E-state index in [4.69, 9.17) is 4.74 Å². The molecular weight excluding hydrogens is 328 g/mol. The van der Waals surface area contributed by atoms with Gasteiger partial charge in [-0.05, 0) is 32.8 Å². The number of nitrogens with one attached hydrogen (secondary N) is 2. The Morgan fingerprint density at radius 2 is 2.21 bits per heavy atom. The minimum Gasteiger partial charge on any atom is -0.462 e. The van der Waals surface area contributed by atoms with Crippen LogP contribution in [0.1, 0.15) is 40.8 Å². The van der Waals surface area contributed by atoms with Crippen LogP contribution in [0.3, 0.4) is 0 Å². The Morgan fingerprint density at radius 1 is 1.42 bits per heavy atom. The topological polar surface area (TPSA) is 93.2 Å². The van der Waals surface area contributed by atoms with Crippen molar-refractivity contribution >= 4 is 39.2 Å². The molecule has 1 atom stereocenters. The number of aromatic nitrogens is 2. The van der Waals surface area contributed by atoms with Gasteiger partial charge in [-0.1, -0.05) is 0 Å². The Labute approximate surface area is 143 Å². The number of thiophene rings is 1. The largest absolute Gasteiger partial charge is 0.462 e. The van der Waals surface area contributed by atoms with E-state index >= 15 is 0 Å². The van der Waals surface area contributed by atoms with Crippen molar-refractivity contribution in [1.82, 2.24) is 15.3 Å². The number of esters is 1. The summed E-state index contributed by atoms with van der Waals surface area (Å²) in [5, 5.41) is 7.08. The lowest BCUT2D eigenvalue weighted by atomic mass is 10.2. The maximum Gasteiger partial charge on any atom is 0.348 e. The second-order valence-corrected chi connectivity index (χ2v) is 6.76. The first-order valence-electron chi connectivity index (χ1n) is 7.97. The second-order valence-electron chi connectivity index (χ2n) is 5.76. The molecule has 1 aliphatic rings. The van der Waals surface area contributed by atoms with E-state index in [1.807, 2.05) is 13.8 Å². The summed E-state index contributed by atoms with van der Waals surface area (Å²) in [6, 6.07) is 0.103. The van der Waals surface area contributed by atoms with Gasteiger partial charge in [-0.2, -0.15) is 0 Å². The van der Waals surface area contributed by atoms with Crippen molar-refractivity contribution in [2.75, 3.05) is 18.5 Å². The van der Waals surface area contributed by atoms with E-state index in [1.165, 1.54) is 11.3 Å². The van der Waals surface area contributed by atoms with Gasteiger partial charge in [-0.15, -0.1) is 11.3 Å². The molecular formula is C16H20N4O3S. The zero-order valence-electron chi connectivity index (χ0n) is 13.9. The summed E-state index contributed by atoms with van der Waals surface area (Å²) >= 11 is 1.32. The van der Waals surface area contributed by atoms with Crippen LogP contribution in [0.25, 0.3) is 10.2 Å². The molecule has 0 spiro atoms. The summed E-state index contributed by atoms with van der Waals surface area (Å²) < 4.78 is 5.12. The van der Waals surface area contributed by atoms with E-state index in [0.717, 1.165) is 22.2 Å². The van der Waals surface area contributed by atoms with Gasteiger partial charge in [-0.3, -0.25) is 4.79 Å². The van der Waals surface area contributed by atoms with E-state index in [2.05, 4.69) is 20.6 Å². The lowest BCUT2D eigenvalue weighted by molar-refractivity contribution is -0.119. The van der Waals surface area contributed by atoms with Gasteiger partial charge < -0.3 is 15.4 Å². The number of ether oxygens (including phenoxy) is 1. The predicted molar refractivity (Wildman–Crippen MR) is 92.5 cm³/mol. The Kier molecular flexibility index (Phi) is 4.66. The molecule has 8 heteroatoms. The highest BCUT2D eigenvalue weighted by Gasteiger charge is 2.23. The van der Waals surface area contributed by atoms with Crippen LogP contribution >= 0.6 is 11.3 Å². The van der Waals surface area contributed by atoms with Gasteiger partial charge in [0.05, 0.1) is 12.0 Å². The van der Waals surface area contributed by atoms with Crippen LogP contribution in [0, 0.1) is 13.8 Å². The fraction of sp³-hybridized carbons (Fsp3) is 0.500. The van der Waals surface area contributed by atoms with Gasteiger partial charge in [0.1, 0.15) is 21.3 Å². The second kappa shape index (κ2) is 6.72. The molecule has 1 saturated heterocycles. The van der Waals surface area contributed by atoms with Gasteiger partial charge in [0.15, 0.2) is 0 Å². The van der Waals surface area contributed by atoms with Crippen LogP contribution in [0.15, 0.2) is 0 Å². The summed E-state index contributed by atoms with van der Waals surface area (Å²) in [6.07, 6.45) is 1.38. The lowest BCUT2D eigenvalue weighted by Crippen LogP contribution is -2.32. The molecule has 0 radical (unpaired) electrons. The fourth-order valence-electron chi connectivity index (χ4n) is 2.82. The zero-order valence-corrected chi connectivity index (χ0v) is 14.7. The summed E-state index contributed by atoms with van der Waals surface area (Å²) in [6.45, 7) is 6.42. The Balaban J connectivity index is 1.91. The highest BCUT2D eigenvalue weighted by Crippen LogP contribution is 2.34. The molecule has 3 rings (SSSR count). The SMILES string of the molecule is CCOC(=O)c1sc2nc(C)nc(NCC3CCC(=O)N3)c2c1C. The standard InChI is InChI=1S/C16H20N4O3S/c1-4-23-16(22)13-8(2)12-14(18-9(3)19-15(12)24-13)17-7-10-5-6-11(21)20-10/h10H,4-7H2,1-3H3,(H,20,21)(H,17,18,19). The van der Waals surface area contributed by atoms with Crippen LogP contribution in [0.4, 0.5) is 5.82 Å². The van der Waals surface area contributed by atoms with Crippen LogP contribution in [0.2, 0.25) is 0 Å². The molecule has 3 heterocycles. The van der Waals surface area contributed by atoms with Crippen LogP contribution in [0.5, 0.6) is 0 Å². The summed E-state index contributed by atoms with van der Waals surface area (Å²) in [5.74, 6) is 1.09. The monoisotopic (exact) mass is 348 g/mol. The maximum atomic E-state index is 12.1. The molecule has 24 heavy (non-hydrogen) atoms. The average molecular weight is 348 g/mol. The molecule has 1 fully saturated rings. The molecule has 0 aromatic carbocycles. The molecule has 0 saturated carbocycles. The van der Waals surface area contributed by atoms with Gasteiger partial charge in [0, 0.05) is 19.0 Å². The quantitative estimate of drug-likeness (QED) is 0.805. The third-order valence-electron chi connectivity index (χ3n) is 3.96. The normalized spacial score (nSPS) is 17.1. The van der Waals surface area contributed by atoms with Gasteiger partial charge in [-0.25, -0.2) is 14.8 Å². The van der Waals surface area contributed by atoms with Crippen molar-refractivity contribution in [2.24, 2.45) is 0 Å². The average Bonchev–Trinajstić information content (AvgIpc) is 3.09. The highest BCUT2D eigenvalue weighted by molar-refractivity contribution is 7.20. The number of rotatable bonds is 5. The molecule has 1 aliphatic heterocycles. The highest BCUT2D eigenvalue weighted by atomic mass is 32.1. The van der Waals surface area contributed by atoms with Gasteiger partial charge in [0.25, 0.3) is 0 Å². The predicted octanol–water partition coefficient (Wildman–Crippen LogP) is 2.18. The summed E-state index contributed by atoms with van der Waals surface area (Å²) in [4.78, 5) is 33.7. The van der Waals surface area contributed by atoms with E-state index in [-0.39, 0.29) is 17.9 Å². The molecule has 1 amide bonds. The number of anilines is 1. The molecule has 128 valence electrons. The molecule has 0 bridgehead atoms. The smallest absolute Gasteiger partial charge is 0.348 e. The Morgan fingerprint density at radius 3 is 2.88 bits per heavy atom. The first-order chi connectivity index (χ1) is 11.5. The number of hydrogen-bond donors (Lipinski definition) is 2. The van der Waals surface area contributed by atoms with Crippen LogP contribution < -0.4 is 10.6 Å². The van der Waals surface area contributed by atoms with Crippen molar-refractivity contribution in [1.29, 1.82) is 0 Å². The van der Waals surface area contributed by atoms with Crippen LogP contribution in [-0.4, -0.2) is 41.0 Å². The molecule has 2 aromatic heterocycles. The van der Waals surface area contributed by atoms with Crippen molar-refractivity contribution in [2.45, 2.75) is 39.7 Å². The Hall–Kier alpha value is -2.22. The number of hydrogen-bond acceptors (Lipinski definition) is 7. The molecule has 0 aliphatic carbocycles. The van der Waals surface area contributed by atoms with Crippen molar-refractivity contribution in [3.8, 4) is 0 Å². The van der Waals surface area contributed by atoms with Crippen molar-refractivity contribution in [3.63, 3.8) is 0 Å². The van der Waals surface area contributed by atoms with E-state index in [9.17, 15) is 9.59 Å². The summed E-state index contributed by atoms with van der Waals surface area (Å²) in [5.41, 5.74) is 0.825. The number of aryl methyl sites for hydroxylation is 2. The molecule has 2 aromatic rings. The molecule has 7 nitrogen and oxygen atoms in total. The maximum absolute atomic E-state index is 12.1. The zero-order chi connectivity index (χ0) is 17.3. The lowest BCUT2D eigenvalue weighted by Gasteiger charge is -2.13. The minimum absolute atomic E-state index is 0.0853. The summed E-state index contributed by atoms with van der Waals surface area (Å²) in [7, 11) is 0. The van der Waals surface area contributed by atoms with Gasteiger partial charge in [0.2, 0.25) is 5.91 Å². The first-order valence-corrected chi connectivity index (χ1v) is 8.79. The number of amides is 1. The molecule has 1 unspecified atom stereocenters. The molecule has 2 N–H and O–H groups in total. The number of fused-ring (bicyclic) bond motifs is 1. The van der Waals surface area contributed by atoms with Crippen LogP contribution in [-0.2, 0) is 9.53 Å². The van der Waals surface area contributed by atoms with E-state index in [1.54, 1.807) is 6.92 Å². The first kappa shape index (κ1) is 16.6. The van der Waals surface area contributed by atoms with E-state index < -0.39 is 0 Å². The van der Waals surface area contributed by atoms with Crippen molar-refractivity contribution < 1.29 is 14.3 Å². The Bertz CT molecular complexity index is 802. The third kappa shape index (κ3) is 3.19. The number of carbonyl (C=O) groups is 2. The number of nitrogens with zero attached hydrogens (tertiary/aromatic N) is 2.